The molecule has 0 aliphatic carbocycles. The number of nitrogens with zero attached hydrogens (tertiary/aromatic N) is 2. The van der Waals surface area contributed by atoms with Gasteiger partial charge in [-0.05, 0) is 30.7 Å². The van der Waals surface area contributed by atoms with Crippen LogP contribution in [0.5, 0.6) is 0 Å². The molecule has 0 saturated carbocycles. The first-order valence-corrected chi connectivity index (χ1v) is 10.1. The van der Waals surface area contributed by atoms with E-state index in [-0.39, 0.29) is 5.41 Å². The van der Waals surface area contributed by atoms with Gasteiger partial charge in [0.05, 0.1) is 26.1 Å². The maximum Gasteiger partial charge on any atom is 0.186 e. The Bertz CT molecular complexity index is 686. The first-order chi connectivity index (χ1) is 12.9. The highest BCUT2D eigenvalue weighted by Crippen LogP contribution is 2.43. The molecule has 27 heavy (non-hydrogen) atoms. The molecule has 1 aromatic carbocycles. The van der Waals surface area contributed by atoms with Gasteiger partial charge in [-0.3, -0.25) is 0 Å². The molecule has 3 rings (SSSR count). The van der Waals surface area contributed by atoms with Crippen molar-refractivity contribution in [3.63, 3.8) is 0 Å². The second kappa shape index (κ2) is 8.15. The van der Waals surface area contributed by atoms with Crippen molar-refractivity contribution in [3.8, 4) is 0 Å². The van der Waals surface area contributed by atoms with E-state index in [0.717, 1.165) is 26.1 Å². The SMILES string of the molecule is Cc1ccc(CCC2(Cn3ccnc3)OCC(C(C)C)(C(C)C)CO2)cc1. The summed E-state index contributed by atoms with van der Waals surface area (Å²) in [6.07, 6.45) is 7.40. The molecule has 148 valence electrons. The third kappa shape index (κ3) is 4.44. The molecule has 4 heteroatoms. The van der Waals surface area contributed by atoms with Crippen molar-refractivity contribution in [2.24, 2.45) is 17.3 Å². The van der Waals surface area contributed by atoms with E-state index in [1.165, 1.54) is 11.1 Å². The number of hydrogen-bond donors (Lipinski definition) is 0. The van der Waals surface area contributed by atoms with E-state index in [1.54, 1.807) is 0 Å². The Labute approximate surface area is 163 Å². The van der Waals surface area contributed by atoms with E-state index in [1.807, 2.05) is 18.7 Å². The molecule has 1 aliphatic heterocycles. The fourth-order valence-electron chi connectivity index (χ4n) is 4.01. The molecule has 1 fully saturated rings. The van der Waals surface area contributed by atoms with Crippen LogP contribution in [0.4, 0.5) is 0 Å². The smallest absolute Gasteiger partial charge is 0.186 e. The van der Waals surface area contributed by atoms with Gasteiger partial charge in [0, 0.05) is 24.2 Å². The second-order valence-electron chi connectivity index (χ2n) is 8.75. The van der Waals surface area contributed by atoms with Gasteiger partial charge in [-0.1, -0.05) is 57.5 Å². The van der Waals surface area contributed by atoms with Gasteiger partial charge >= 0.3 is 0 Å². The second-order valence-corrected chi connectivity index (χ2v) is 8.75. The van der Waals surface area contributed by atoms with Gasteiger partial charge in [0.25, 0.3) is 0 Å². The minimum Gasteiger partial charge on any atom is -0.347 e. The fraction of sp³-hybridized carbons (Fsp3) is 0.609. The standard InChI is InChI=1S/C23H34N2O2/c1-18(2)22(19(3)4)15-26-23(27-16-22,14-25-13-12-24-17-25)11-10-21-8-6-20(5)7-9-21/h6-9,12-13,17-19H,10-11,14-16H2,1-5H3. The maximum absolute atomic E-state index is 6.55. The van der Waals surface area contributed by atoms with Gasteiger partial charge in [0.15, 0.2) is 5.79 Å². The number of ether oxygens (including phenoxy) is 2. The zero-order chi connectivity index (χ0) is 19.5. The summed E-state index contributed by atoms with van der Waals surface area (Å²) in [5.41, 5.74) is 2.68. The van der Waals surface area contributed by atoms with Gasteiger partial charge in [-0.25, -0.2) is 4.98 Å². The lowest BCUT2D eigenvalue weighted by Crippen LogP contribution is -2.55. The molecular formula is C23H34N2O2. The average molecular weight is 371 g/mol. The molecule has 0 unspecified atom stereocenters. The normalized spacial score (nSPS) is 18.9. The van der Waals surface area contributed by atoms with Gasteiger partial charge in [0.1, 0.15) is 0 Å². The Kier molecular flexibility index (Phi) is 6.07. The summed E-state index contributed by atoms with van der Waals surface area (Å²) < 4.78 is 15.2. The molecule has 2 aromatic rings. The molecule has 0 radical (unpaired) electrons. The number of aromatic nitrogens is 2. The van der Waals surface area contributed by atoms with Crippen LogP contribution in [0.1, 0.15) is 45.2 Å². The third-order valence-corrected chi connectivity index (χ3v) is 6.41. The van der Waals surface area contributed by atoms with Crippen LogP contribution < -0.4 is 0 Å². The molecule has 1 saturated heterocycles. The summed E-state index contributed by atoms with van der Waals surface area (Å²) in [4.78, 5) is 4.18. The van der Waals surface area contributed by atoms with Crippen molar-refractivity contribution in [1.82, 2.24) is 9.55 Å². The fourth-order valence-corrected chi connectivity index (χ4v) is 4.01. The predicted octanol–water partition coefficient (Wildman–Crippen LogP) is 4.87. The third-order valence-electron chi connectivity index (χ3n) is 6.41. The lowest BCUT2D eigenvalue weighted by Gasteiger charge is -2.50. The van der Waals surface area contributed by atoms with Gasteiger partial charge in [0.2, 0.25) is 0 Å². The summed E-state index contributed by atoms with van der Waals surface area (Å²) in [5, 5.41) is 0. The summed E-state index contributed by atoms with van der Waals surface area (Å²) in [6.45, 7) is 13.4. The largest absolute Gasteiger partial charge is 0.347 e. The molecule has 0 spiro atoms. The first-order valence-electron chi connectivity index (χ1n) is 10.1. The molecule has 0 N–H and O–H groups in total. The molecule has 4 nitrogen and oxygen atoms in total. The zero-order valence-corrected chi connectivity index (χ0v) is 17.4. The number of imidazole rings is 1. The van der Waals surface area contributed by atoms with Crippen LogP contribution in [0.15, 0.2) is 43.0 Å². The lowest BCUT2D eigenvalue weighted by molar-refractivity contribution is -0.325. The monoisotopic (exact) mass is 370 g/mol. The number of rotatable bonds is 7. The Morgan fingerprint density at radius 2 is 1.67 bits per heavy atom. The molecule has 2 heterocycles. The summed E-state index contributed by atoms with van der Waals surface area (Å²) >= 11 is 0. The van der Waals surface area contributed by atoms with Crippen molar-refractivity contribution < 1.29 is 9.47 Å². The van der Waals surface area contributed by atoms with Crippen molar-refractivity contribution in [3.05, 3.63) is 54.1 Å². The van der Waals surface area contributed by atoms with E-state index in [4.69, 9.17) is 9.47 Å². The van der Waals surface area contributed by atoms with Crippen molar-refractivity contribution in [2.45, 2.75) is 59.8 Å². The molecular weight excluding hydrogens is 336 g/mol. The lowest BCUT2D eigenvalue weighted by atomic mass is 9.69. The Hall–Kier alpha value is -1.65. The minimum atomic E-state index is -0.598. The highest BCUT2D eigenvalue weighted by atomic mass is 16.7. The zero-order valence-electron chi connectivity index (χ0n) is 17.4. The van der Waals surface area contributed by atoms with Crippen LogP contribution in [0.3, 0.4) is 0 Å². The van der Waals surface area contributed by atoms with Crippen LogP contribution in [0, 0.1) is 24.2 Å². The van der Waals surface area contributed by atoms with Crippen LogP contribution in [0.25, 0.3) is 0 Å². The number of benzene rings is 1. The predicted molar refractivity (Wildman–Crippen MR) is 108 cm³/mol. The highest BCUT2D eigenvalue weighted by molar-refractivity contribution is 5.21. The van der Waals surface area contributed by atoms with Gasteiger partial charge in [-0.2, -0.15) is 0 Å². The van der Waals surface area contributed by atoms with Gasteiger partial charge in [-0.15, -0.1) is 0 Å². The average Bonchev–Trinajstić information content (AvgIpc) is 3.14. The Balaban J connectivity index is 1.76. The van der Waals surface area contributed by atoms with Crippen molar-refractivity contribution >= 4 is 0 Å². The van der Waals surface area contributed by atoms with E-state index in [2.05, 4.69) is 68.4 Å². The van der Waals surface area contributed by atoms with E-state index >= 15 is 0 Å². The Morgan fingerprint density at radius 3 is 2.19 bits per heavy atom. The van der Waals surface area contributed by atoms with Crippen LogP contribution >= 0.6 is 0 Å². The van der Waals surface area contributed by atoms with E-state index < -0.39 is 5.79 Å². The molecule has 0 atom stereocenters. The molecule has 1 aromatic heterocycles. The summed E-state index contributed by atoms with van der Waals surface area (Å²) in [5.74, 6) is 0.431. The van der Waals surface area contributed by atoms with Crippen LogP contribution in [0.2, 0.25) is 0 Å². The molecule has 0 bridgehead atoms. The van der Waals surface area contributed by atoms with Crippen LogP contribution in [-0.2, 0) is 22.4 Å². The summed E-state index contributed by atoms with van der Waals surface area (Å²) in [7, 11) is 0. The highest BCUT2D eigenvalue weighted by Gasteiger charge is 2.48. The van der Waals surface area contributed by atoms with Gasteiger partial charge < -0.3 is 14.0 Å². The Morgan fingerprint density at radius 1 is 1.04 bits per heavy atom. The number of aryl methyl sites for hydroxylation is 2. The minimum absolute atomic E-state index is 0.0717. The first kappa shape index (κ1) is 20.1. The van der Waals surface area contributed by atoms with E-state index in [9.17, 15) is 0 Å². The van der Waals surface area contributed by atoms with Crippen molar-refractivity contribution in [1.29, 1.82) is 0 Å². The maximum atomic E-state index is 6.55. The molecule has 0 amide bonds. The number of hydrogen-bond acceptors (Lipinski definition) is 3. The van der Waals surface area contributed by atoms with Crippen LogP contribution in [-0.4, -0.2) is 28.6 Å². The summed E-state index contributed by atoms with van der Waals surface area (Å²) in [6, 6.07) is 8.75. The quantitative estimate of drug-likeness (QED) is 0.698. The molecule has 1 aliphatic rings. The van der Waals surface area contributed by atoms with Crippen molar-refractivity contribution in [2.75, 3.05) is 13.2 Å². The van der Waals surface area contributed by atoms with E-state index in [0.29, 0.717) is 18.4 Å². The topological polar surface area (TPSA) is 36.3 Å².